The molecule has 2 aromatic rings. The zero-order valence-corrected chi connectivity index (χ0v) is 18.8. The van der Waals surface area contributed by atoms with Gasteiger partial charge in [-0.05, 0) is 36.8 Å². The Morgan fingerprint density at radius 1 is 1.09 bits per heavy atom. The molecule has 0 bridgehead atoms. The lowest BCUT2D eigenvalue weighted by molar-refractivity contribution is -0.139. The summed E-state index contributed by atoms with van der Waals surface area (Å²) in [7, 11) is 1.55. The monoisotopic (exact) mass is 452 g/mol. The second kappa shape index (κ2) is 9.55. The molecule has 4 rings (SSSR count). The Bertz CT molecular complexity index is 1010. The van der Waals surface area contributed by atoms with E-state index in [2.05, 4.69) is 20.6 Å². The van der Waals surface area contributed by atoms with Crippen molar-refractivity contribution in [1.29, 1.82) is 0 Å². The van der Waals surface area contributed by atoms with Gasteiger partial charge in [-0.2, -0.15) is 5.01 Å². The quantitative estimate of drug-likeness (QED) is 0.596. The number of aromatic nitrogens is 1. The minimum Gasteiger partial charge on any atom is -0.497 e. The van der Waals surface area contributed by atoms with E-state index in [4.69, 9.17) is 4.74 Å². The first-order valence-corrected chi connectivity index (χ1v) is 10.8. The summed E-state index contributed by atoms with van der Waals surface area (Å²) in [4.78, 5) is 46.7. The Morgan fingerprint density at radius 2 is 1.79 bits per heavy atom. The molecule has 4 amide bonds. The minimum atomic E-state index is -1.27. The number of imide groups is 1. The molecular weight excluding hydrogens is 424 g/mol. The fraction of sp³-hybridized carbons (Fsp3) is 0.391. The number of methoxy groups -OCH3 is 1. The van der Waals surface area contributed by atoms with Crippen molar-refractivity contribution in [2.45, 2.75) is 19.0 Å². The van der Waals surface area contributed by atoms with Gasteiger partial charge in [0.1, 0.15) is 11.3 Å². The van der Waals surface area contributed by atoms with Gasteiger partial charge in [0.15, 0.2) is 0 Å². The third-order valence-corrected chi connectivity index (χ3v) is 6.04. The van der Waals surface area contributed by atoms with Crippen LogP contribution in [0.15, 0.2) is 48.7 Å². The number of hydrogen-bond acceptors (Lipinski definition) is 7. The number of carbonyl (C=O) groups excluding carboxylic acids is 3. The van der Waals surface area contributed by atoms with Crippen LogP contribution in [-0.4, -0.2) is 77.5 Å². The molecule has 0 spiro atoms. The number of nitrogens with one attached hydrogen (secondary N) is 2. The number of nitrogens with zero attached hydrogens (tertiary/aromatic N) is 4. The number of benzene rings is 1. The van der Waals surface area contributed by atoms with Crippen LogP contribution in [0.1, 0.15) is 18.2 Å². The Labute approximate surface area is 192 Å². The van der Waals surface area contributed by atoms with Crippen LogP contribution in [0.3, 0.4) is 0 Å². The first-order chi connectivity index (χ1) is 15.9. The second-order valence-electron chi connectivity index (χ2n) is 8.33. The Kier molecular flexibility index (Phi) is 6.57. The van der Waals surface area contributed by atoms with Gasteiger partial charge in [0.05, 0.1) is 19.3 Å². The van der Waals surface area contributed by atoms with E-state index < -0.39 is 23.4 Å². The van der Waals surface area contributed by atoms with Gasteiger partial charge in [-0.1, -0.05) is 18.2 Å². The molecule has 0 radical (unpaired) electrons. The van der Waals surface area contributed by atoms with E-state index >= 15 is 0 Å². The Hall–Kier alpha value is -3.50. The van der Waals surface area contributed by atoms with Crippen LogP contribution < -0.4 is 15.5 Å². The van der Waals surface area contributed by atoms with Crippen molar-refractivity contribution >= 4 is 17.8 Å². The third kappa shape index (κ3) is 4.96. The molecule has 0 saturated carbocycles. The first-order valence-electron chi connectivity index (χ1n) is 10.8. The van der Waals surface area contributed by atoms with Crippen LogP contribution in [0.2, 0.25) is 0 Å². The number of ether oxygens (including phenoxy) is 1. The molecule has 1 aromatic carbocycles. The normalized spacial score (nSPS) is 21.7. The summed E-state index contributed by atoms with van der Waals surface area (Å²) in [5.74, 6) is -0.300. The molecule has 33 heavy (non-hydrogen) atoms. The maximum atomic E-state index is 13.0. The van der Waals surface area contributed by atoms with E-state index in [9.17, 15) is 14.4 Å². The predicted octanol–water partition coefficient (Wildman–Crippen LogP) is 0.706. The number of pyridine rings is 1. The van der Waals surface area contributed by atoms with Crippen molar-refractivity contribution < 1.29 is 19.1 Å². The summed E-state index contributed by atoms with van der Waals surface area (Å²) in [5.41, 5.74) is 2.81. The molecule has 1 unspecified atom stereocenters. The highest BCUT2D eigenvalue weighted by atomic mass is 16.5. The van der Waals surface area contributed by atoms with E-state index in [0.717, 1.165) is 30.3 Å². The summed E-state index contributed by atoms with van der Waals surface area (Å²) in [5, 5.41) is 3.45. The van der Waals surface area contributed by atoms with Gasteiger partial charge in [-0.25, -0.2) is 4.79 Å². The molecule has 3 heterocycles. The maximum absolute atomic E-state index is 13.0. The van der Waals surface area contributed by atoms with Crippen molar-refractivity contribution in [2.24, 2.45) is 0 Å². The zero-order chi connectivity index (χ0) is 23.4. The number of carbonyl (C=O) groups is 3. The third-order valence-electron chi connectivity index (χ3n) is 6.04. The highest BCUT2D eigenvalue weighted by Gasteiger charge is 2.50. The molecule has 1 aromatic heterocycles. The topological polar surface area (TPSA) is 107 Å². The molecule has 2 fully saturated rings. The zero-order valence-electron chi connectivity index (χ0n) is 18.8. The van der Waals surface area contributed by atoms with E-state index in [-0.39, 0.29) is 6.54 Å². The van der Waals surface area contributed by atoms with Gasteiger partial charge >= 0.3 is 6.03 Å². The molecule has 10 heteroatoms. The summed E-state index contributed by atoms with van der Waals surface area (Å²) in [6.07, 6.45) is 1.78. The lowest BCUT2D eigenvalue weighted by Crippen LogP contribution is -2.53. The number of rotatable bonds is 7. The molecule has 2 aliphatic heterocycles. The van der Waals surface area contributed by atoms with Gasteiger partial charge in [-0.15, -0.1) is 0 Å². The molecule has 0 aliphatic carbocycles. The molecule has 2 saturated heterocycles. The number of hydrazine groups is 1. The Morgan fingerprint density at radius 3 is 2.42 bits per heavy atom. The molecule has 10 nitrogen and oxygen atoms in total. The summed E-state index contributed by atoms with van der Waals surface area (Å²) < 4.78 is 5.14. The van der Waals surface area contributed by atoms with Crippen molar-refractivity contribution in [2.75, 3.05) is 39.8 Å². The van der Waals surface area contributed by atoms with Crippen LogP contribution in [-0.2, 0) is 21.7 Å². The van der Waals surface area contributed by atoms with Gasteiger partial charge in [0, 0.05) is 38.9 Å². The second-order valence-corrected chi connectivity index (χ2v) is 8.33. The molecule has 2 N–H and O–H groups in total. The predicted molar refractivity (Wildman–Crippen MR) is 120 cm³/mol. The fourth-order valence-corrected chi connectivity index (χ4v) is 4.05. The summed E-state index contributed by atoms with van der Waals surface area (Å²) in [6, 6.07) is 12.1. The fourth-order valence-electron chi connectivity index (χ4n) is 4.05. The molecular formula is C23H28N6O4. The van der Waals surface area contributed by atoms with Gasteiger partial charge in [0.25, 0.3) is 11.8 Å². The van der Waals surface area contributed by atoms with Crippen molar-refractivity contribution in [3.8, 4) is 5.75 Å². The molecule has 174 valence electrons. The van der Waals surface area contributed by atoms with E-state index in [1.54, 1.807) is 44.5 Å². The van der Waals surface area contributed by atoms with Gasteiger partial charge in [0.2, 0.25) is 0 Å². The largest absolute Gasteiger partial charge is 0.497 e. The summed E-state index contributed by atoms with van der Waals surface area (Å²) >= 11 is 0. The molecule has 1 atom stereocenters. The molecule has 2 aliphatic rings. The number of piperazine rings is 1. The van der Waals surface area contributed by atoms with E-state index in [1.165, 1.54) is 0 Å². The minimum absolute atomic E-state index is 0.105. The van der Waals surface area contributed by atoms with Crippen LogP contribution >= 0.6 is 0 Å². The number of urea groups is 1. The SMILES string of the molecule is COc1ccc(C2(C)NC(=O)N(NC(=O)CN3CCN(Cc4ccccn4)CC3)C2=O)cc1. The van der Waals surface area contributed by atoms with Crippen LogP contribution in [0.4, 0.5) is 4.79 Å². The highest BCUT2D eigenvalue weighted by molar-refractivity contribution is 6.08. The standard InChI is InChI=1S/C23H28N6O4/c1-23(17-6-8-19(33-2)9-7-17)21(31)29(22(32)25-23)26-20(30)16-28-13-11-27(12-14-28)15-18-5-3-4-10-24-18/h3-10H,11-16H2,1-2H3,(H,25,32)(H,26,30). The highest BCUT2D eigenvalue weighted by Crippen LogP contribution is 2.29. The average Bonchev–Trinajstić information content (AvgIpc) is 3.05. The van der Waals surface area contributed by atoms with Crippen molar-refractivity contribution in [3.63, 3.8) is 0 Å². The van der Waals surface area contributed by atoms with Gasteiger partial charge < -0.3 is 10.1 Å². The van der Waals surface area contributed by atoms with Gasteiger partial charge in [-0.3, -0.25) is 29.8 Å². The maximum Gasteiger partial charge on any atom is 0.344 e. The van der Waals surface area contributed by atoms with E-state index in [1.807, 2.05) is 23.1 Å². The van der Waals surface area contributed by atoms with Crippen molar-refractivity contribution in [1.82, 2.24) is 30.5 Å². The van der Waals surface area contributed by atoms with Crippen molar-refractivity contribution in [3.05, 3.63) is 59.9 Å². The lowest BCUT2D eigenvalue weighted by atomic mass is 9.92. The summed E-state index contributed by atoms with van der Waals surface area (Å²) in [6.45, 7) is 5.53. The Balaban J connectivity index is 1.29. The number of amides is 4. The number of hydrogen-bond donors (Lipinski definition) is 2. The van der Waals surface area contributed by atoms with Crippen LogP contribution in [0.25, 0.3) is 0 Å². The lowest BCUT2D eigenvalue weighted by Gasteiger charge is -2.34. The van der Waals surface area contributed by atoms with E-state index in [0.29, 0.717) is 24.4 Å². The van der Waals surface area contributed by atoms with Crippen LogP contribution in [0, 0.1) is 0 Å². The average molecular weight is 453 g/mol. The smallest absolute Gasteiger partial charge is 0.344 e. The first kappa shape index (κ1) is 22.7. The van der Waals surface area contributed by atoms with Crippen LogP contribution in [0.5, 0.6) is 5.75 Å².